The second-order valence-electron chi connectivity index (χ2n) is 2.24. The van der Waals surface area contributed by atoms with Gasteiger partial charge in [-0.15, -0.1) is 0 Å². The minimum Gasteiger partial charge on any atom is -0.478 e. The van der Waals surface area contributed by atoms with Crippen molar-refractivity contribution in [3.8, 4) is 0 Å². The molecular formula is C7H4Br3NO2. The number of aromatic carboxylic acids is 1. The van der Waals surface area contributed by atoms with Crippen molar-refractivity contribution in [2.45, 2.75) is 2.14 Å². The fraction of sp³-hybridized carbons (Fsp3) is 0.143. The van der Waals surface area contributed by atoms with Gasteiger partial charge in [0.25, 0.3) is 0 Å². The summed E-state index contributed by atoms with van der Waals surface area (Å²) in [6.07, 6.45) is 1.30. The zero-order valence-corrected chi connectivity index (χ0v) is 10.9. The third-order valence-corrected chi connectivity index (χ3v) is 2.52. The molecule has 0 saturated carbocycles. The second-order valence-corrected chi connectivity index (χ2v) is 9.00. The Morgan fingerprint density at radius 2 is 2.00 bits per heavy atom. The van der Waals surface area contributed by atoms with E-state index in [1.54, 1.807) is 6.07 Å². The average Bonchev–Trinajstić information content (AvgIpc) is 2.03. The van der Waals surface area contributed by atoms with Crippen LogP contribution in [0.25, 0.3) is 0 Å². The van der Waals surface area contributed by atoms with Crippen LogP contribution in [0.5, 0.6) is 0 Å². The highest BCUT2D eigenvalue weighted by atomic mass is 80.0. The fourth-order valence-corrected chi connectivity index (χ4v) is 1.39. The highest BCUT2D eigenvalue weighted by Gasteiger charge is 2.22. The number of hydrogen-bond acceptors (Lipinski definition) is 2. The van der Waals surface area contributed by atoms with Crippen LogP contribution in [0.2, 0.25) is 0 Å². The average molecular weight is 374 g/mol. The van der Waals surface area contributed by atoms with E-state index in [0.717, 1.165) is 0 Å². The minimum absolute atomic E-state index is 0.167. The van der Waals surface area contributed by atoms with E-state index in [1.165, 1.54) is 12.3 Å². The number of carboxylic acids is 1. The van der Waals surface area contributed by atoms with E-state index in [9.17, 15) is 4.79 Å². The molecule has 0 bridgehead atoms. The normalized spacial score (nSPS) is 11.3. The van der Waals surface area contributed by atoms with Gasteiger partial charge in [0.1, 0.15) is 0 Å². The summed E-state index contributed by atoms with van der Waals surface area (Å²) in [6.45, 7) is 0. The van der Waals surface area contributed by atoms with Gasteiger partial charge in [-0.25, -0.2) is 4.79 Å². The number of carboxylic acid groups (broad SMARTS) is 1. The van der Waals surface area contributed by atoms with E-state index in [4.69, 9.17) is 5.11 Å². The molecule has 0 unspecified atom stereocenters. The molecule has 13 heavy (non-hydrogen) atoms. The first-order valence-corrected chi connectivity index (χ1v) is 5.55. The van der Waals surface area contributed by atoms with Crippen LogP contribution in [0.15, 0.2) is 18.3 Å². The molecule has 0 atom stereocenters. The predicted octanol–water partition coefficient (Wildman–Crippen LogP) is 3.07. The van der Waals surface area contributed by atoms with Crippen molar-refractivity contribution in [1.29, 1.82) is 0 Å². The van der Waals surface area contributed by atoms with E-state index < -0.39 is 8.11 Å². The number of pyridine rings is 1. The summed E-state index contributed by atoms with van der Waals surface area (Å²) < 4.78 is -0.593. The summed E-state index contributed by atoms with van der Waals surface area (Å²) in [5.41, 5.74) is 0.818. The minimum atomic E-state index is -0.983. The largest absolute Gasteiger partial charge is 0.478 e. The van der Waals surface area contributed by atoms with Gasteiger partial charge in [-0.1, -0.05) is 47.8 Å². The SMILES string of the molecule is O=C(O)c1ccc(C(Br)(Br)Br)nc1. The van der Waals surface area contributed by atoms with Gasteiger partial charge in [0.2, 0.25) is 0 Å². The maximum atomic E-state index is 10.5. The van der Waals surface area contributed by atoms with Crippen molar-refractivity contribution in [2.24, 2.45) is 0 Å². The molecule has 1 aromatic rings. The van der Waals surface area contributed by atoms with Gasteiger partial charge in [-0.3, -0.25) is 4.98 Å². The summed E-state index contributed by atoms with van der Waals surface area (Å²) in [4.78, 5) is 14.4. The van der Waals surface area contributed by atoms with Crippen molar-refractivity contribution in [3.05, 3.63) is 29.6 Å². The zero-order chi connectivity index (χ0) is 10.1. The molecule has 70 valence electrons. The lowest BCUT2D eigenvalue weighted by Crippen LogP contribution is -2.04. The summed E-state index contributed by atoms with van der Waals surface area (Å²) in [5, 5.41) is 8.60. The van der Waals surface area contributed by atoms with Crippen molar-refractivity contribution in [1.82, 2.24) is 4.98 Å². The zero-order valence-electron chi connectivity index (χ0n) is 6.17. The molecule has 0 spiro atoms. The van der Waals surface area contributed by atoms with Crippen LogP contribution in [0.3, 0.4) is 0 Å². The van der Waals surface area contributed by atoms with Crippen LogP contribution in [0, 0.1) is 0 Å². The van der Waals surface area contributed by atoms with Crippen LogP contribution < -0.4 is 0 Å². The summed E-state index contributed by atoms with van der Waals surface area (Å²) in [6, 6.07) is 3.10. The maximum absolute atomic E-state index is 10.5. The van der Waals surface area contributed by atoms with Gasteiger partial charge >= 0.3 is 5.97 Å². The lowest BCUT2D eigenvalue weighted by Gasteiger charge is -2.10. The number of nitrogens with zero attached hydrogens (tertiary/aromatic N) is 1. The molecule has 0 aliphatic rings. The second kappa shape index (κ2) is 4.06. The number of carbonyl (C=O) groups is 1. The van der Waals surface area contributed by atoms with Crippen LogP contribution >= 0.6 is 47.8 Å². The molecule has 0 aromatic carbocycles. The third kappa shape index (κ3) is 3.03. The first-order chi connectivity index (χ1) is 5.91. The molecule has 1 heterocycles. The molecule has 1 N–H and O–H groups in total. The highest BCUT2D eigenvalue weighted by Crippen LogP contribution is 2.43. The molecule has 0 amide bonds. The number of aromatic nitrogens is 1. The van der Waals surface area contributed by atoms with Crippen molar-refractivity contribution in [2.75, 3.05) is 0 Å². The third-order valence-electron chi connectivity index (χ3n) is 1.30. The maximum Gasteiger partial charge on any atom is 0.337 e. The van der Waals surface area contributed by atoms with Crippen LogP contribution in [-0.2, 0) is 2.14 Å². The van der Waals surface area contributed by atoms with E-state index in [1.807, 2.05) is 0 Å². The molecule has 6 heteroatoms. The first-order valence-electron chi connectivity index (χ1n) is 3.18. The standard InChI is InChI=1S/C7H4Br3NO2/c8-7(9,10)5-2-1-4(3-11-5)6(12)13/h1-3H,(H,12,13). The first kappa shape index (κ1) is 11.1. The molecule has 0 aliphatic carbocycles. The van der Waals surface area contributed by atoms with Gasteiger partial charge < -0.3 is 5.11 Å². The van der Waals surface area contributed by atoms with Crippen molar-refractivity contribution < 1.29 is 9.90 Å². The summed E-state index contributed by atoms with van der Waals surface area (Å²) in [7, 11) is 0. The van der Waals surface area contributed by atoms with Crippen molar-refractivity contribution in [3.63, 3.8) is 0 Å². The number of rotatable bonds is 1. The Morgan fingerprint density at radius 1 is 1.38 bits per heavy atom. The topological polar surface area (TPSA) is 50.2 Å². The number of hydrogen-bond donors (Lipinski definition) is 1. The smallest absolute Gasteiger partial charge is 0.337 e. The van der Waals surface area contributed by atoms with Crippen LogP contribution in [0.1, 0.15) is 16.1 Å². The molecule has 0 radical (unpaired) electrons. The Balaban J connectivity index is 3.01. The lowest BCUT2D eigenvalue weighted by molar-refractivity contribution is 0.0696. The molecule has 0 fully saturated rings. The summed E-state index contributed by atoms with van der Waals surface area (Å²) >= 11 is 9.81. The van der Waals surface area contributed by atoms with E-state index in [-0.39, 0.29) is 5.56 Å². The number of halogens is 3. The van der Waals surface area contributed by atoms with E-state index in [2.05, 4.69) is 52.8 Å². The molecule has 0 saturated heterocycles. The predicted molar refractivity (Wildman–Crippen MR) is 59.7 cm³/mol. The van der Waals surface area contributed by atoms with Crippen molar-refractivity contribution >= 4 is 53.8 Å². The Bertz CT molecular complexity index is 318. The van der Waals surface area contributed by atoms with Gasteiger partial charge in [-0.05, 0) is 12.1 Å². The van der Waals surface area contributed by atoms with Crippen LogP contribution in [-0.4, -0.2) is 16.1 Å². The number of alkyl halides is 3. The Morgan fingerprint density at radius 3 is 2.31 bits per heavy atom. The Hall–Kier alpha value is 0.0600. The molecular weight excluding hydrogens is 370 g/mol. The van der Waals surface area contributed by atoms with Gasteiger partial charge in [-0.2, -0.15) is 0 Å². The van der Waals surface area contributed by atoms with Gasteiger partial charge in [0.15, 0.2) is 2.14 Å². The molecule has 1 rings (SSSR count). The van der Waals surface area contributed by atoms with E-state index >= 15 is 0 Å². The van der Waals surface area contributed by atoms with Gasteiger partial charge in [0, 0.05) is 6.20 Å². The van der Waals surface area contributed by atoms with Crippen LogP contribution in [0.4, 0.5) is 0 Å². The molecule has 0 aliphatic heterocycles. The highest BCUT2D eigenvalue weighted by molar-refractivity contribution is 9.38. The van der Waals surface area contributed by atoms with Gasteiger partial charge in [0.05, 0.1) is 11.3 Å². The van der Waals surface area contributed by atoms with E-state index in [0.29, 0.717) is 5.69 Å². The fourth-order valence-electron chi connectivity index (χ4n) is 0.688. The monoisotopic (exact) mass is 371 g/mol. The molecule has 3 nitrogen and oxygen atoms in total. The Kier molecular flexibility index (Phi) is 3.48. The lowest BCUT2D eigenvalue weighted by atomic mass is 10.2. The quantitative estimate of drug-likeness (QED) is 0.770. The summed E-state index contributed by atoms with van der Waals surface area (Å²) in [5.74, 6) is -0.983. The molecule has 1 aromatic heterocycles. The Labute approximate surface area is 99.9 Å².